The standard InChI is InChI=1S/C71H124O6/c1-4-7-10-13-16-19-22-25-27-29-31-32-33-34-35-36-37-38-40-41-43-46-49-52-55-58-61-64-70(73)76-67-68(66-75-69(72)63-60-57-54-51-48-45-24-21-18-15-12-9-6-3)77-71(74)65-62-59-56-53-50-47-44-42-39-30-28-26-23-20-17-14-11-8-5-2/h9,12,17-18,20-21,26,28,39,42,45,48,54,57,68H,4-8,10-11,13-16,19,22-25,27,29-38,40-41,43-44,46-47,49-53,55-56,58-67H2,1-3H3/b12-9-,20-17-,21-18-,28-26-,42-39-,48-45-,57-54-. The van der Waals surface area contributed by atoms with E-state index in [1.165, 1.54) is 193 Å². The minimum atomic E-state index is -0.813. The van der Waals surface area contributed by atoms with Gasteiger partial charge in [-0.25, -0.2) is 0 Å². The summed E-state index contributed by atoms with van der Waals surface area (Å²) < 4.78 is 16.8. The largest absolute Gasteiger partial charge is 0.462 e. The van der Waals surface area contributed by atoms with Gasteiger partial charge in [0.1, 0.15) is 13.2 Å². The van der Waals surface area contributed by atoms with E-state index in [1.807, 2.05) is 6.08 Å². The molecule has 0 aliphatic carbocycles. The Morgan fingerprint density at radius 1 is 0.273 bits per heavy atom. The van der Waals surface area contributed by atoms with Crippen molar-refractivity contribution in [1.29, 1.82) is 0 Å². The molecule has 0 aromatic carbocycles. The van der Waals surface area contributed by atoms with Crippen LogP contribution in [0.1, 0.15) is 329 Å². The van der Waals surface area contributed by atoms with Crippen LogP contribution in [0.15, 0.2) is 85.1 Å². The second-order valence-corrected chi connectivity index (χ2v) is 22.0. The van der Waals surface area contributed by atoms with Crippen LogP contribution < -0.4 is 0 Å². The number of hydrogen-bond donors (Lipinski definition) is 0. The summed E-state index contributed by atoms with van der Waals surface area (Å²) in [6, 6.07) is 0. The molecule has 0 rings (SSSR count). The minimum absolute atomic E-state index is 0.102. The summed E-state index contributed by atoms with van der Waals surface area (Å²) in [6.45, 7) is 6.46. The van der Waals surface area contributed by atoms with Crippen LogP contribution in [-0.4, -0.2) is 37.2 Å². The Bertz CT molecular complexity index is 1470. The number of allylic oxidation sites excluding steroid dienone is 14. The van der Waals surface area contributed by atoms with Gasteiger partial charge in [0.05, 0.1) is 0 Å². The monoisotopic (exact) mass is 1070 g/mol. The molecule has 0 bridgehead atoms. The molecule has 0 saturated heterocycles. The first kappa shape index (κ1) is 73.6. The van der Waals surface area contributed by atoms with Crippen LogP contribution in [0.25, 0.3) is 0 Å². The highest BCUT2D eigenvalue weighted by molar-refractivity contribution is 5.71. The van der Waals surface area contributed by atoms with Gasteiger partial charge >= 0.3 is 17.9 Å². The van der Waals surface area contributed by atoms with Crippen molar-refractivity contribution >= 4 is 17.9 Å². The van der Waals surface area contributed by atoms with E-state index in [0.29, 0.717) is 19.3 Å². The SMILES string of the molecule is CC/C=C\C/C=C\C/C=C\C/C=C\CCC(=O)OCC(COC(=O)CCCCCCCCCCCCCCCCCCCCCCCCCCCCC)OC(=O)CCCCCCCC/C=C\C/C=C\C/C=C\CCCCC. The maximum absolute atomic E-state index is 12.9. The first-order chi connectivity index (χ1) is 38.0. The molecule has 0 amide bonds. The van der Waals surface area contributed by atoms with Crippen LogP contribution in [0.3, 0.4) is 0 Å². The molecule has 0 saturated carbocycles. The molecule has 0 heterocycles. The first-order valence-corrected chi connectivity index (χ1v) is 33.1. The van der Waals surface area contributed by atoms with Gasteiger partial charge < -0.3 is 14.2 Å². The van der Waals surface area contributed by atoms with E-state index in [1.54, 1.807) is 0 Å². The van der Waals surface area contributed by atoms with Crippen molar-refractivity contribution < 1.29 is 28.6 Å². The Morgan fingerprint density at radius 2 is 0.532 bits per heavy atom. The summed E-state index contributed by atoms with van der Waals surface area (Å²) >= 11 is 0. The second-order valence-electron chi connectivity index (χ2n) is 22.0. The van der Waals surface area contributed by atoms with Crippen molar-refractivity contribution in [3.63, 3.8) is 0 Å². The van der Waals surface area contributed by atoms with E-state index in [-0.39, 0.29) is 37.5 Å². The van der Waals surface area contributed by atoms with Crippen molar-refractivity contribution in [2.75, 3.05) is 13.2 Å². The molecular weight excluding hydrogens is 949 g/mol. The van der Waals surface area contributed by atoms with Gasteiger partial charge in [-0.1, -0.05) is 311 Å². The van der Waals surface area contributed by atoms with Crippen LogP contribution in [0.4, 0.5) is 0 Å². The Hall–Kier alpha value is -3.41. The van der Waals surface area contributed by atoms with Crippen LogP contribution >= 0.6 is 0 Å². The molecule has 0 N–H and O–H groups in total. The predicted molar refractivity (Wildman–Crippen MR) is 334 cm³/mol. The maximum atomic E-state index is 12.9. The predicted octanol–water partition coefficient (Wildman–Crippen LogP) is 22.7. The maximum Gasteiger partial charge on any atom is 0.306 e. The Kier molecular flexibility index (Phi) is 62.2. The number of esters is 3. The van der Waals surface area contributed by atoms with Gasteiger partial charge in [-0.05, 0) is 83.5 Å². The van der Waals surface area contributed by atoms with E-state index in [2.05, 4.69) is 99.8 Å². The number of rotatable bonds is 60. The van der Waals surface area contributed by atoms with Crippen molar-refractivity contribution in [2.45, 2.75) is 335 Å². The third-order valence-electron chi connectivity index (χ3n) is 14.4. The lowest BCUT2D eigenvalue weighted by atomic mass is 10.0. The summed E-state index contributed by atoms with van der Waals surface area (Å²) in [6.07, 6.45) is 86.3. The molecule has 77 heavy (non-hydrogen) atoms. The third-order valence-corrected chi connectivity index (χ3v) is 14.4. The van der Waals surface area contributed by atoms with Crippen molar-refractivity contribution in [3.05, 3.63) is 85.1 Å². The fourth-order valence-corrected chi connectivity index (χ4v) is 9.47. The van der Waals surface area contributed by atoms with Crippen LogP contribution in [-0.2, 0) is 28.6 Å². The van der Waals surface area contributed by atoms with Crippen LogP contribution in [0.5, 0.6) is 0 Å². The highest BCUT2D eigenvalue weighted by Gasteiger charge is 2.19. The van der Waals surface area contributed by atoms with Gasteiger partial charge in [-0.15, -0.1) is 0 Å². The van der Waals surface area contributed by atoms with Gasteiger partial charge in [0, 0.05) is 19.3 Å². The lowest BCUT2D eigenvalue weighted by molar-refractivity contribution is -0.166. The number of hydrogen-bond acceptors (Lipinski definition) is 6. The van der Waals surface area contributed by atoms with Gasteiger partial charge in [0.25, 0.3) is 0 Å². The van der Waals surface area contributed by atoms with E-state index in [4.69, 9.17) is 14.2 Å². The number of carbonyl (C=O) groups excluding carboxylic acids is 3. The van der Waals surface area contributed by atoms with E-state index >= 15 is 0 Å². The lowest BCUT2D eigenvalue weighted by Gasteiger charge is -2.18. The van der Waals surface area contributed by atoms with Crippen molar-refractivity contribution in [3.8, 4) is 0 Å². The Morgan fingerprint density at radius 3 is 0.896 bits per heavy atom. The van der Waals surface area contributed by atoms with Crippen LogP contribution in [0, 0.1) is 0 Å². The average molecular weight is 1070 g/mol. The average Bonchev–Trinajstić information content (AvgIpc) is 3.43. The molecule has 0 aromatic heterocycles. The summed E-state index contributed by atoms with van der Waals surface area (Å²) in [5, 5.41) is 0. The molecule has 1 unspecified atom stereocenters. The number of ether oxygens (including phenoxy) is 3. The van der Waals surface area contributed by atoms with E-state index in [0.717, 1.165) is 89.9 Å². The summed E-state index contributed by atoms with van der Waals surface area (Å²) in [5.41, 5.74) is 0. The van der Waals surface area contributed by atoms with Crippen LogP contribution in [0.2, 0.25) is 0 Å². The molecule has 0 aromatic rings. The minimum Gasteiger partial charge on any atom is -0.462 e. The third kappa shape index (κ3) is 63.3. The molecule has 0 aliphatic heterocycles. The molecule has 0 fully saturated rings. The summed E-state index contributed by atoms with van der Waals surface area (Å²) in [4.78, 5) is 38.3. The number of carbonyl (C=O) groups is 3. The second kappa shape index (κ2) is 65.1. The first-order valence-electron chi connectivity index (χ1n) is 33.1. The Balaban J connectivity index is 4.29. The smallest absolute Gasteiger partial charge is 0.306 e. The lowest BCUT2D eigenvalue weighted by Crippen LogP contribution is -2.30. The molecule has 6 heteroatoms. The van der Waals surface area contributed by atoms with Crippen molar-refractivity contribution in [1.82, 2.24) is 0 Å². The normalized spacial score (nSPS) is 12.6. The summed E-state index contributed by atoms with van der Waals surface area (Å²) in [7, 11) is 0. The fourth-order valence-electron chi connectivity index (χ4n) is 9.47. The van der Waals surface area contributed by atoms with Gasteiger partial charge in [-0.3, -0.25) is 14.4 Å². The van der Waals surface area contributed by atoms with Crippen molar-refractivity contribution in [2.24, 2.45) is 0 Å². The van der Waals surface area contributed by atoms with Gasteiger partial charge in [0.2, 0.25) is 0 Å². The molecule has 0 spiro atoms. The summed E-state index contributed by atoms with van der Waals surface area (Å²) in [5.74, 6) is -0.987. The zero-order chi connectivity index (χ0) is 55.7. The molecule has 6 nitrogen and oxygen atoms in total. The topological polar surface area (TPSA) is 78.9 Å². The molecule has 0 radical (unpaired) electrons. The molecule has 444 valence electrons. The fraction of sp³-hybridized carbons (Fsp3) is 0.761. The van der Waals surface area contributed by atoms with Gasteiger partial charge in [0.15, 0.2) is 6.10 Å². The van der Waals surface area contributed by atoms with E-state index in [9.17, 15) is 14.4 Å². The molecule has 0 aliphatic rings. The van der Waals surface area contributed by atoms with E-state index < -0.39 is 6.10 Å². The molecule has 1 atom stereocenters. The highest BCUT2D eigenvalue weighted by atomic mass is 16.6. The highest BCUT2D eigenvalue weighted by Crippen LogP contribution is 2.17. The molecular formula is C71H124O6. The Labute approximate surface area is 477 Å². The zero-order valence-electron chi connectivity index (χ0n) is 51.0. The van der Waals surface area contributed by atoms with Gasteiger partial charge in [-0.2, -0.15) is 0 Å². The zero-order valence-corrected chi connectivity index (χ0v) is 51.0. The quantitative estimate of drug-likeness (QED) is 0.0261. The number of unbranched alkanes of at least 4 members (excludes halogenated alkanes) is 35.